The van der Waals surface area contributed by atoms with E-state index in [0.29, 0.717) is 0 Å². The fourth-order valence-corrected chi connectivity index (χ4v) is 0.512. The van der Waals surface area contributed by atoms with E-state index in [2.05, 4.69) is 4.98 Å². The molecule has 0 aliphatic carbocycles. The Morgan fingerprint density at radius 3 is 2.90 bits per heavy atom. The quantitative estimate of drug-likeness (QED) is 0.576. The highest BCUT2D eigenvalue weighted by molar-refractivity contribution is 5.36. The molecule has 10 heavy (non-hydrogen) atoms. The van der Waals surface area contributed by atoms with E-state index >= 15 is 0 Å². The minimum absolute atomic E-state index is 0.292. The van der Waals surface area contributed by atoms with Gasteiger partial charge in [0.1, 0.15) is 6.07 Å². The molecule has 0 radical (unpaired) electrons. The summed E-state index contributed by atoms with van der Waals surface area (Å²) in [6.45, 7) is 0. The van der Waals surface area contributed by atoms with Gasteiger partial charge in [-0.25, -0.2) is 9.37 Å². The molecule has 0 saturated carbocycles. The SMILES string of the molecule is N#Cc1nccc(F)c1O. The van der Waals surface area contributed by atoms with Crippen LogP contribution in [0.25, 0.3) is 0 Å². The van der Waals surface area contributed by atoms with Crippen LogP contribution in [0.5, 0.6) is 5.75 Å². The normalized spacial score (nSPS) is 8.80. The maximum absolute atomic E-state index is 12.3. The predicted molar refractivity (Wildman–Crippen MR) is 30.6 cm³/mol. The van der Waals surface area contributed by atoms with Gasteiger partial charge in [0.25, 0.3) is 0 Å². The molecule has 0 saturated heterocycles. The van der Waals surface area contributed by atoms with Crippen molar-refractivity contribution in [3.05, 3.63) is 23.8 Å². The minimum Gasteiger partial charge on any atom is -0.503 e. The van der Waals surface area contributed by atoms with Crippen LogP contribution in [0.4, 0.5) is 4.39 Å². The van der Waals surface area contributed by atoms with E-state index in [1.54, 1.807) is 0 Å². The lowest BCUT2D eigenvalue weighted by molar-refractivity contribution is 0.427. The average Bonchev–Trinajstić information content (AvgIpc) is 1.95. The molecule has 0 amide bonds. The van der Waals surface area contributed by atoms with E-state index in [-0.39, 0.29) is 5.69 Å². The summed E-state index contributed by atoms with van der Waals surface area (Å²) in [5, 5.41) is 16.9. The Kier molecular flexibility index (Phi) is 1.50. The first-order chi connectivity index (χ1) is 4.75. The zero-order chi connectivity index (χ0) is 7.56. The van der Waals surface area contributed by atoms with Gasteiger partial charge in [0.15, 0.2) is 17.3 Å². The van der Waals surface area contributed by atoms with Gasteiger partial charge in [0, 0.05) is 6.20 Å². The van der Waals surface area contributed by atoms with Crippen molar-refractivity contribution in [2.45, 2.75) is 0 Å². The lowest BCUT2D eigenvalue weighted by Gasteiger charge is -1.92. The topological polar surface area (TPSA) is 56.9 Å². The second-order valence-electron chi connectivity index (χ2n) is 1.60. The molecule has 3 nitrogen and oxygen atoms in total. The molecule has 0 unspecified atom stereocenters. The van der Waals surface area contributed by atoms with Crippen molar-refractivity contribution < 1.29 is 9.50 Å². The van der Waals surface area contributed by atoms with Crippen LogP contribution < -0.4 is 0 Å². The van der Waals surface area contributed by atoms with Gasteiger partial charge < -0.3 is 5.11 Å². The summed E-state index contributed by atoms with van der Waals surface area (Å²) in [6.07, 6.45) is 1.12. The molecule has 0 bridgehead atoms. The fraction of sp³-hybridized carbons (Fsp3) is 0. The van der Waals surface area contributed by atoms with Gasteiger partial charge in [-0.3, -0.25) is 0 Å². The number of aromatic nitrogens is 1. The van der Waals surface area contributed by atoms with Gasteiger partial charge in [-0.05, 0) is 6.07 Å². The molecular formula is C6H3FN2O. The highest BCUT2D eigenvalue weighted by atomic mass is 19.1. The van der Waals surface area contributed by atoms with Crippen molar-refractivity contribution in [2.75, 3.05) is 0 Å². The molecule has 0 spiro atoms. The smallest absolute Gasteiger partial charge is 0.188 e. The molecule has 4 heteroatoms. The molecule has 0 aromatic carbocycles. The summed E-state index contributed by atoms with van der Waals surface area (Å²) in [7, 11) is 0. The Balaban J connectivity index is 3.31. The van der Waals surface area contributed by atoms with Crippen molar-refractivity contribution in [3.8, 4) is 11.8 Å². The Labute approximate surface area is 56.4 Å². The predicted octanol–water partition coefficient (Wildman–Crippen LogP) is 0.798. The number of pyridine rings is 1. The first-order valence-electron chi connectivity index (χ1n) is 2.49. The van der Waals surface area contributed by atoms with Gasteiger partial charge >= 0.3 is 0 Å². The average molecular weight is 138 g/mol. The van der Waals surface area contributed by atoms with Crippen LogP contribution >= 0.6 is 0 Å². The van der Waals surface area contributed by atoms with Crippen molar-refractivity contribution in [2.24, 2.45) is 0 Å². The minimum atomic E-state index is -0.827. The highest BCUT2D eigenvalue weighted by Crippen LogP contribution is 2.16. The Morgan fingerprint density at radius 1 is 1.70 bits per heavy atom. The van der Waals surface area contributed by atoms with Gasteiger partial charge in [-0.2, -0.15) is 5.26 Å². The molecule has 1 aromatic rings. The second-order valence-corrected chi connectivity index (χ2v) is 1.60. The third-order valence-corrected chi connectivity index (χ3v) is 0.981. The molecule has 1 aromatic heterocycles. The monoisotopic (exact) mass is 138 g/mol. The molecule has 0 aliphatic rings. The molecule has 1 rings (SSSR count). The molecule has 0 aliphatic heterocycles. The Morgan fingerprint density at radius 2 is 2.40 bits per heavy atom. The largest absolute Gasteiger partial charge is 0.503 e. The highest BCUT2D eigenvalue weighted by Gasteiger charge is 2.05. The Bertz CT molecular complexity index is 292. The molecule has 0 fully saturated rings. The second kappa shape index (κ2) is 2.31. The third kappa shape index (κ3) is 0.890. The summed E-state index contributed by atoms with van der Waals surface area (Å²) in [5.41, 5.74) is -0.292. The summed E-state index contributed by atoms with van der Waals surface area (Å²) >= 11 is 0. The van der Waals surface area contributed by atoms with Crippen LogP contribution in [0.2, 0.25) is 0 Å². The number of halogens is 1. The third-order valence-electron chi connectivity index (χ3n) is 0.981. The van der Waals surface area contributed by atoms with Gasteiger partial charge in [0.2, 0.25) is 0 Å². The standard InChI is InChI=1S/C6H3FN2O/c7-4-1-2-9-5(3-8)6(4)10/h1-2,10H. The number of aromatic hydroxyl groups is 1. The molecule has 50 valence electrons. The van der Waals surface area contributed by atoms with Crippen LogP contribution in [-0.4, -0.2) is 10.1 Å². The first-order valence-corrected chi connectivity index (χ1v) is 2.49. The number of nitrogens with zero attached hydrogens (tertiary/aromatic N) is 2. The van der Waals surface area contributed by atoms with Crippen LogP contribution in [0.1, 0.15) is 5.69 Å². The van der Waals surface area contributed by atoms with Crippen LogP contribution in [0.15, 0.2) is 12.3 Å². The maximum atomic E-state index is 12.3. The zero-order valence-corrected chi connectivity index (χ0v) is 4.87. The van der Waals surface area contributed by atoms with E-state index in [1.165, 1.54) is 6.07 Å². The maximum Gasteiger partial charge on any atom is 0.188 e. The number of hydrogen-bond donors (Lipinski definition) is 1. The lowest BCUT2D eigenvalue weighted by atomic mass is 10.3. The van der Waals surface area contributed by atoms with E-state index in [0.717, 1.165) is 12.3 Å². The molecular weight excluding hydrogens is 135 g/mol. The van der Waals surface area contributed by atoms with Crippen LogP contribution in [0.3, 0.4) is 0 Å². The van der Waals surface area contributed by atoms with Gasteiger partial charge in [-0.15, -0.1) is 0 Å². The summed E-state index contributed by atoms with van der Waals surface area (Å²) in [6, 6.07) is 2.52. The number of nitriles is 1. The summed E-state index contributed by atoms with van der Waals surface area (Å²) in [4.78, 5) is 3.41. The zero-order valence-electron chi connectivity index (χ0n) is 4.87. The van der Waals surface area contributed by atoms with E-state index in [1.807, 2.05) is 0 Å². The van der Waals surface area contributed by atoms with Crippen molar-refractivity contribution >= 4 is 0 Å². The van der Waals surface area contributed by atoms with Crippen molar-refractivity contribution in [1.82, 2.24) is 4.98 Å². The first kappa shape index (κ1) is 6.49. The van der Waals surface area contributed by atoms with E-state index in [4.69, 9.17) is 10.4 Å². The van der Waals surface area contributed by atoms with Crippen molar-refractivity contribution in [3.63, 3.8) is 0 Å². The van der Waals surface area contributed by atoms with Gasteiger partial charge in [0.05, 0.1) is 0 Å². The van der Waals surface area contributed by atoms with Crippen LogP contribution in [0, 0.1) is 17.1 Å². The molecule has 1 heterocycles. The number of rotatable bonds is 0. The Hall–Kier alpha value is -1.63. The molecule has 0 atom stereocenters. The summed E-state index contributed by atoms with van der Waals surface area (Å²) in [5.74, 6) is -1.52. The van der Waals surface area contributed by atoms with Gasteiger partial charge in [-0.1, -0.05) is 0 Å². The summed E-state index contributed by atoms with van der Waals surface area (Å²) < 4.78 is 12.3. The molecule has 1 N–H and O–H groups in total. The van der Waals surface area contributed by atoms with E-state index < -0.39 is 11.6 Å². The van der Waals surface area contributed by atoms with Crippen molar-refractivity contribution in [1.29, 1.82) is 5.26 Å². The fourth-order valence-electron chi connectivity index (χ4n) is 0.512. The number of hydrogen-bond acceptors (Lipinski definition) is 3. The van der Waals surface area contributed by atoms with E-state index in [9.17, 15) is 4.39 Å². The van der Waals surface area contributed by atoms with Crippen LogP contribution in [-0.2, 0) is 0 Å². The lowest BCUT2D eigenvalue weighted by Crippen LogP contribution is -1.85.